The number of benzene rings is 1. The van der Waals surface area contributed by atoms with Crippen LogP contribution in [0.25, 0.3) is 0 Å². The Kier molecular flexibility index (Phi) is 5.11. The van der Waals surface area contributed by atoms with E-state index < -0.39 is 11.9 Å². The lowest BCUT2D eigenvalue weighted by Crippen LogP contribution is -2.14. The van der Waals surface area contributed by atoms with Gasteiger partial charge in [-0.1, -0.05) is 18.7 Å². The smallest absolute Gasteiger partial charge is 0.339 e. The molecule has 0 amide bonds. The van der Waals surface area contributed by atoms with Gasteiger partial charge in [-0.15, -0.1) is 0 Å². The molecule has 0 heterocycles. The van der Waals surface area contributed by atoms with Gasteiger partial charge in [-0.2, -0.15) is 0 Å². The summed E-state index contributed by atoms with van der Waals surface area (Å²) in [6.45, 7) is 7.49. The SMILES string of the molecule is C=C(C)COC(=O)c1ccccc1C(=O)OCC. The average molecular weight is 248 g/mol. The number of carbonyl (C=O) groups is 2. The Bertz CT molecular complexity index is 463. The summed E-state index contributed by atoms with van der Waals surface area (Å²) in [5.74, 6) is -1.08. The molecule has 96 valence electrons. The van der Waals surface area contributed by atoms with Crippen LogP contribution in [-0.2, 0) is 9.47 Å². The van der Waals surface area contributed by atoms with E-state index in [4.69, 9.17) is 9.47 Å². The molecular weight excluding hydrogens is 232 g/mol. The summed E-state index contributed by atoms with van der Waals surface area (Å²) in [6.07, 6.45) is 0. The molecule has 0 bridgehead atoms. The van der Waals surface area contributed by atoms with Crippen molar-refractivity contribution in [2.24, 2.45) is 0 Å². The maximum atomic E-state index is 11.8. The van der Waals surface area contributed by atoms with Gasteiger partial charge in [-0.25, -0.2) is 9.59 Å². The van der Waals surface area contributed by atoms with Gasteiger partial charge in [0.2, 0.25) is 0 Å². The molecule has 0 aliphatic carbocycles. The Hall–Kier alpha value is -2.10. The molecule has 1 aromatic carbocycles. The van der Waals surface area contributed by atoms with Crippen LogP contribution in [0.15, 0.2) is 36.4 Å². The molecule has 0 atom stereocenters. The van der Waals surface area contributed by atoms with Gasteiger partial charge in [0.25, 0.3) is 0 Å². The van der Waals surface area contributed by atoms with Gasteiger partial charge < -0.3 is 9.47 Å². The predicted molar refractivity (Wildman–Crippen MR) is 67.5 cm³/mol. The van der Waals surface area contributed by atoms with Gasteiger partial charge >= 0.3 is 11.9 Å². The molecule has 0 saturated heterocycles. The second-order valence-electron chi connectivity index (χ2n) is 3.80. The average Bonchev–Trinajstić information content (AvgIpc) is 2.36. The molecule has 18 heavy (non-hydrogen) atoms. The predicted octanol–water partition coefficient (Wildman–Crippen LogP) is 2.60. The van der Waals surface area contributed by atoms with Crippen LogP contribution in [0, 0.1) is 0 Å². The van der Waals surface area contributed by atoms with Crippen LogP contribution >= 0.6 is 0 Å². The van der Waals surface area contributed by atoms with Gasteiger partial charge in [-0.3, -0.25) is 0 Å². The van der Waals surface area contributed by atoms with Crippen LogP contribution in [0.5, 0.6) is 0 Å². The summed E-state index contributed by atoms with van der Waals surface area (Å²) < 4.78 is 9.89. The molecule has 4 nitrogen and oxygen atoms in total. The van der Waals surface area contributed by atoms with E-state index in [0.717, 1.165) is 5.57 Å². The van der Waals surface area contributed by atoms with E-state index in [9.17, 15) is 9.59 Å². The Balaban J connectivity index is 2.91. The highest BCUT2D eigenvalue weighted by Crippen LogP contribution is 2.12. The summed E-state index contributed by atoms with van der Waals surface area (Å²) in [5, 5.41) is 0. The minimum atomic E-state index is -0.554. The van der Waals surface area contributed by atoms with Crippen molar-refractivity contribution in [1.29, 1.82) is 0 Å². The molecule has 0 aromatic heterocycles. The minimum Gasteiger partial charge on any atom is -0.462 e. The molecular formula is C14H16O4. The lowest BCUT2D eigenvalue weighted by Gasteiger charge is -2.08. The molecule has 0 aliphatic heterocycles. The topological polar surface area (TPSA) is 52.6 Å². The van der Waals surface area contributed by atoms with Gasteiger partial charge in [0, 0.05) is 0 Å². The van der Waals surface area contributed by atoms with E-state index in [1.165, 1.54) is 12.1 Å². The van der Waals surface area contributed by atoms with E-state index in [-0.39, 0.29) is 24.3 Å². The van der Waals surface area contributed by atoms with Crippen LogP contribution < -0.4 is 0 Å². The minimum absolute atomic E-state index is 0.135. The third kappa shape index (κ3) is 3.73. The summed E-state index contributed by atoms with van der Waals surface area (Å²) in [7, 11) is 0. The quantitative estimate of drug-likeness (QED) is 0.593. The molecule has 4 heteroatoms. The van der Waals surface area contributed by atoms with Gasteiger partial charge in [0.15, 0.2) is 0 Å². The summed E-state index contributed by atoms with van der Waals surface area (Å²) in [6, 6.07) is 6.41. The second kappa shape index (κ2) is 6.59. The molecule has 0 saturated carbocycles. The van der Waals surface area contributed by atoms with Crippen LogP contribution in [0.3, 0.4) is 0 Å². The highest BCUT2D eigenvalue weighted by Gasteiger charge is 2.18. The highest BCUT2D eigenvalue weighted by molar-refractivity contribution is 6.03. The zero-order chi connectivity index (χ0) is 13.5. The molecule has 0 unspecified atom stereocenters. The fourth-order valence-corrected chi connectivity index (χ4v) is 1.31. The monoisotopic (exact) mass is 248 g/mol. The molecule has 1 rings (SSSR count). The number of hydrogen-bond acceptors (Lipinski definition) is 4. The lowest BCUT2D eigenvalue weighted by molar-refractivity contribution is 0.0486. The maximum Gasteiger partial charge on any atom is 0.339 e. The van der Waals surface area contributed by atoms with E-state index in [1.807, 2.05) is 0 Å². The van der Waals surface area contributed by atoms with Gasteiger partial charge in [0.1, 0.15) is 6.61 Å². The highest BCUT2D eigenvalue weighted by atomic mass is 16.5. The zero-order valence-corrected chi connectivity index (χ0v) is 10.6. The molecule has 0 radical (unpaired) electrons. The van der Waals surface area contributed by atoms with E-state index in [2.05, 4.69) is 6.58 Å². The summed E-state index contributed by atoms with van der Waals surface area (Å²) >= 11 is 0. The van der Waals surface area contributed by atoms with E-state index in [0.29, 0.717) is 0 Å². The van der Waals surface area contributed by atoms with Crippen molar-refractivity contribution < 1.29 is 19.1 Å². The third-order valence-electron chi connectivity index (χ3n) is 2.09. The van der Waals surface area contributed by atoms with Crippen LogP contribution in [0.4, 0.5) is 0 Å². The van der Waals surface area contributed by atoms with Crippen LogP contribution in [0.1, 0.15) is 34.6 Å². The van der Waals surface area contributed by atoms with Gasteiger partial charge in [0.05, 0.1) is 17.7 Å². The number of hydrogen-bond donors (Lipinski definition) is 0. The zero-order valence-electron chi connectivity index (χ0n) is 10.6. The van der Waals surface area contributed by atoms with E-state index in [1.54, 1.807) is 26.0 Å². The van der Waals surface area contributed by atoms with Crippen molar-refractivity contribution >= 4 is 11.9 Å². The summed E-state index contributed by atoms with van der Waals surface area (Å²) in [5.41, 5.74) is 1.15. The van der Waals surface area contributed by atoms with Crippen molar-refractivity contribution in [2.75, 3.05) is 13.2 Å². The number of carbonyl (C=O) groups excluding carboxylic acids is 2. The normalized spacial score (nSPS) is 9.67. The molecule has 0 fully saturated rings. The van der Waals surface area contributed by atoms with Crippen molar-refractivity contribution in [2.45, 2.75) is 13.8 Å². The van der Waals surface area contributed by atoms with Crippen molar-refractivity contribution in [3.8, 4) is 0 Å². The Morgan fingerprint density at radius 1 is 1.11 bits per heavy atom. The first-order chi connectivity index (χ1) is 8.56. The first kappa shape index (κ1) is 14.0. The van der Waals surface area contributed by atoms with Crippen molar-refractivity contribution in [3.05, 3.63) is 47.5 Å². The standard InChI is InChI=1S/C14H16O4/c1-4-17-13(15)11-7-5-6-8-12(11)14(16)18-9-10(2)3/h5-8H,2,4,9H2,1,3H3. The lowest BCUT2D eigenvalue weighted by atomic mass is 10.1. The second-order valence-corrected chi connectivity index (χ2v) is 3.80. The number of esters is 2. The molecule has 1 aromatic rings. The Labute approximate surface area is 106 Å². The van der Waals surface area contributed by atoms with Gasteiger partial charge in [-0.05, 0) is 31.6 Å². The first-order valence-corrected chi connectivity index (χ1v) is 5.64. The fourth-order valence-electron chi connectivity index (χ4n) is 1.31. The van der Waals surface area contributed by atoms with Crippen LogP contribution in [-0.4, -0.2) is 25.2 Å². The van der Waals surface area contributed by atoms with Crippen LogP contribution in [0.2, 0.25) is 0 Å². The molecule has 0 aliphatic rings. The molecule has 0 N–H and O–H groups in total. The third-order valence-corrected chi connectivity index (χ3v) is 2.09. The molecule has 0 spiro atoms. The number of ether oxygens (including phenoxy) is 2. The maximum absolute atomic E-state index is 11.8. The largest absolute Gasteiger partial charge is 0.462 e. The number of rotatable bonds is 5. The van der Waals surface area contributed by atoms with Crippen molar-refractivity contribution in [1.82, 2.24) is 0 Å². The Morgan fingerprint density at radius 3 is 2.06 bits per heavy atom. The van der Waals surface area contributed by atoms with Crippen molar-refractivity contribution in [3.63, 3.8) is 0 Å². The fraction of sp³-hybridized carbons (Fsp3) is 0.286. The van der Waals surface area contributed by atoms with E-state index >= 15 is 0 Å². The Morgan fingerprint density at radius 2 is 1.61 bits per heavy atom. The first-order valence-electron chi connectivity index (χ1n) is 5.64. The summed E-state index contributed by atoms with van der Waals surface area (Å²) in [4.78, 5) is 23.5.